The lowest BCUT2D eigenvalue weighted by atomic mass is 10.2. The third-order valence-electron chi connectivity index (χ3n) is 1.53. The van der Waals surface area contributed by atoms with Crippen LogP contribution in [0.25, 0.3) is 0 Å². The Morgan fingerprint density at radius 1 is 1.89 bits per heavy atom. The summed E-state index contributed by atoms with van der Waals surface area (Å²) in [6, 6.07) is 0. The number of rotatable bonds is 1. The highest BCUT2D eigenvalue weighted by Crippen LogP contribution is 2.16. The molecule has 50 valence electrons. The summed E-state index contributed by atoms with van der Waals surface area (Å²) in [5.74, 6) is 0.102. The van der Waals surface area contributed by atoms with Crippen LogP contribution in [-0.2, 0) is 4.79 Å². The Labute approximate surface area is 54.2 Å². The first-order chi connectivity index (χ1) is 4.24. The average molecular weight is 126 g/mol. The second-order valence-corrected chi connectivity index (χ2v) is 2.24. The number of allylic oxidation sites excluding steroid dienone is 1. The van der Waals surface area contributed by atoms with Crippen LogP contribution in [0.2, 0.25) is 0 Å². The van der Waals surface area contributed by atoms with Gasteiger partial charge in [0, 0.05) is 6.42 Å². The van der Waals surface area contributed by atoms with E-state index in [4.69, 9.17) is 5.11 Å². The van der Waals surface area contributed by atoms with Gasteiger partial charge in [-0.3, -0.25) is 4.79 Å². The zero-order chi connectivity index (χ0) is 6.85. The van der Waals surface area contributed by atoms with Gasteiger partial charge in [-0.1, -0.05) is 6.92 Å². The van der Waals surface area contributed by atoms with Crippen molar-refractivity contribution in [1.82, 2.24) is 0 Å². The molecule has 0 unspecified atom stereocenters. The molecule has 0 saturated carbocycles. The van der Waals surface area contributed by atoms with E-state index in [-0.39, 0.29) is 5.78 Å². The van der Waals surface area contributed by atoms with E-state index >= 15 is 0 Å². The molecule has 0 fully saturated rings. The van der Waals surface area contributed by atoms with Crippen LogP contribution in [0, 0.1) is 0 Å². The molecule has 0 aromatic rings. The first-order valence-corrected chi connectivity index (χ1v) is 3.16. The zero-order valence-corrected chi connectivity index (χ0v) is 5.42. The number of aliphatic hydroxyl groups excluding tert-OH is 1. The zero-order valence-electron chi connectivity index (χ0n) is 5.42. The summed E-state index contributed by atoms with van der Waals surface area (Å²) < 4.78 is 0. The molecule has 0 aromatic heterocycles. The van der Waals surface area contributed by atoms with Gasteiger partial charge in [-0.2, -0.15) is 0 Å². The largest absolute Gasteiger partial charge is 0.389 e. The van der Waals surface area contributed by atoms with E-state index in [1.54, 1.807) is 6.08 Å². The molecule has 0 amide bonds. The van der Waals surface area contributed by atoms with Crippen molar-refractivity contribution in [3.05, 3.63) is 11.6 Å². The lowest BCUT2D eigenvalue weighted by molar-refractivity contribution is -0.115. The van der Waals surface area contributed by atoms with Crippen LogP contribution in [0.3, 0.4) is 0 Å². The molecule has 2 nitrogen and oxygen atoms in total. The summed E-state index contributed by atoms with van der Waals surface area (Å²) in [7, 11) is 0. The first kappa shape index (κ1) is 6.49. The minimum Gasteiger partial charge on any atom is -0.389 e. The van der Waals surface area contributed by atoms with E-state index < -0.39 is 6.10 Å². The maximum Gasteiger partial charge on any atom is 0.161 e. The first-order valence-electron chi connectivity index (χ1n) is 3.16. The highest BCUT2D eigenvalue weighted by Gasteiger charge is 2.19. The summed E-state index contributed by atoms with van der Waals surface area (Å²) >= 11 is 0. The van der Waals surface area contributed by atoms with Crippen LogP contribution in [0.4, 0.5) is 0 Å². The third-order valence-corrected chi connectivity index (χ3v) is 1.53. The molecule has 0 heterocycles. The molecule has 0 aliphatic heterocycles. The fourth-order valence-corrected chi connectivity index (χ4v) is 1.02. The molecule has 0 saturated heterocycles. The standard InChI is InChI=1S/C7H10O2/c1-2-5-3-6(8)4-7(5)9/h3,6,8H,2,4H2,1H3/t6-/m1/s1. The van der Waals surface area contributed by atoms with Gasteiger partial charge < -0.3 is 5.11 Å². The third kappa shape index (κ3) is 1.19. The van der Waals surface area contributed by atoms with Crippen molar-refractivity contribution >= 4 is 5.78 Å². The summed E-state index contributed by atoms with van der Waals surface area (Å²) in [6.07, 6.45) is 2.17. The Balaban J connectivity index is 2.68. The van der Waals surface area contributed by atoms with E-state index in [0.29, 0.717) is 6.42 Å². The molecular weight excluding hydrogens is 116 g/mol. The average Bonchev–Trinajstić information content (AvgIpc) is 2.10. The topological polar surface area (TPSA) is 37.3 Å². The van der Waals surface area contributed by atoms with Gasteiger partial charge in [-0.05, 0) is 18.1 Å². The van der Waals surface area contributed by atoms with Gasteiger partial charge >= 0.3 is 0 Å². The summed E-state index contributed by atoms with van der Waals surface area (Å²) in [5, 5.41) is 8.90. The van der Waals surface area contributed by atoms with E-state index in [1.165, 1.54) is 0 Å². The number of aliphatic hydroxyl groups is 1. The van der Waals surface area contributed by atoms with E-state index in [2.05, 4.69) is 0 Å². The molecule has 2 heteroatoms. The van der Waals surface area contributed by atoms with Crippen molar-refractivity contribution in [3.63, 3.8) is 0 Å². The predicted octanol–water partition coefficient (Wildman–Crippen LogP) is 0.657. The SMILES string of the molecule is CCC1=C[C@@H](O)CC1=O. The van der Waals surface area contributed by atoms with Crippen LogP contribution >= 0.6 is 0 Å². The molecule has 0 aromatic carbocycles. The quantitative estimate of drug-likeness (QED) is 0.560. The van der Waals surface area contributed by atoms with Crippen molar-refractivity contribution in [3.8, 4) is 0 Å². The maximum atomic E-state index is 10.8. The molecule has 0 bridgehead atoms. The van der Waals surface area contributed by atoms with E-state index in [9.17, 15) is 4.79 Å². The number of carbonyl (C=O) groups excluding carboxylic acids is 1. The molecule has 1 aliphatic rings. The van der Waals surface area contributed by atoms with Crippen molar-refractivity contribution in [2.75, 3.05) is 0 Å². The van der Waals surface area contributed by atoms with Gasteiger partial charge in [0.1, 0.15) is 0 Å². The van der Waals surface area contributed by atoms with Crippen LogP contribution in [0.15, 0.2) is 11.6 Å². The Morgan fingerprint density at radius 3 is 2.78 bits per heavy atom. The van der Waals surface area contributed by atoms with Gasteiger partial charge in [0.15, 0.2) is 5.78 Å². The molecule has 1 N–H and O–H groups in total. The molecule has 0 spiro atoms. The lowest BCUT2D eigenvalue weighted by Gasteiger charge is -1.89. The maximum absolute atomic E-state index is 10.8. The molecule has 0 radical (unpaired) electrons. The Hall–Kier alpha value is -0.630. The molecule has 1 rings (SSSR count). The molecular formula is C7H10O2. The van der Waals surface area contributed by atoms with Crippen molar-refractivity contribution < 1.29 is 9.90 Å². The van der Waals surface area contributed by atoms with E-state index in [0.717, 1.165) is 12.0 Å². The van der Waals surface area contributed by atoms with Crippen molar-refractivity contribution in [2.45, 2.75) is 25.9 Å². The van der Waals surface area contributed by atoms with Gasteiger partial charge in [0.2, 0.25) is 0 Å². The number of hydrogen-bond donors (Lipinski definition) is 1. The second kappa shape index (κ2) is 2.31. The van der Waals surface area contributed by atoms with E-state index in [1.807, 2.05) is 6.92 Å². The number of Topliss-reactive ketones (excluding diaryl/α,β-unsaturated/α-hetero) is 1. The summed E-state index contributed by atoms with van der Waals surface area (Å²) in [4.78, 5) is 10.8. The fourth-order valence-electron chi connectivity index (χ4n) is 1.02. The minimum absolute atomic E-state index is 0.102. The number of carbonyl (C=O) groups is 1. The van der Waals surface area contributed by atoms with Crippen LogP contribution in [0.5, 0.6) is 0 Å². The Bertz CT molecular complexity index is 158. The summed E-state index contributed by atoms with van der Waals surface area (Å²) in [5.41, 5.74) is 0.780. The fraction of sp³-hybridized carbons (Fsp3) is 0.571. The second-order valence-electron chi connectivity index (χ2n) is 2.24. The monoisotopic (exact) mass is 126 g/mol. The highest BCUT2D eigenvalue weighted by molar-refractivity contribution is 5.98. The molecule has 1 atom stereocenters. The minimum atomic E-state index is -0.507. The van der Waals surface area contributed by atoms with Gasteiger partial charge in [0.25, 0.3) is 0 Å². The number of hydrogen-bond acceptors (Lipinski definition) is 2. The predicted molar refractivity (Wildman–Crippen MR) is 34.0 cm³/mol. The van der Waals surface area contributed by atoms with Crippen LogP contribution in [0.1, 0.15) is 19.8 Å². The van der Waals surface area contributed by atoms with Crippen LogP contribution in [-0.4, -0.2) is 17.0 Å². The lowest BCUT2D eigenvalue weighted by Crippen LogP contribution is -2.00. The van der Waals surface area contributed by atoms with Crippen molar-refractivity contribution in [1.29, 1.82) is 0 Å². The smallest absolute Gasteiger partial charge is 0.161 e. The summed E-state index contributed by atoms with van der Waals surface area (Å²) in [6.45, 7) is 1.92. The molecule has 1 aliphatic carbocycles. The molecule has 9 heavy (non-hydrogen) atoms. The highest BCUT2D eigenvalue weighted by atomic mass is 16.3. The van der Waals surface area contributed by atoms with Crippen LogP contribution < -0.4 is 0 Å². The normalized spacial score (nSPS) is 26.7. The Morgan fingerprint density at radius 2 is 2.56 bits per heavy atom. The van der Waals surface area contributed by atoms with Gasteiger partial charge in [-0.25, -0.2) is 0 Å². The number of ketones is 1. The Kier molecular flexibility index (Phi) is 1.67. The van der Waals surface area contributed by atoms with Gasteiger partial charge in [0.05, 0.1) is 6.10 Å². The van der Waals surface area contributed by atoms with Gasteiger partial charge in [-0.15, -0.1) is 0 Å². The van der Waals surface area contributed by atoms with Crippen molar-refractivity contribution in [2.24, 2.45) is 0 Å².